The largest absolute Gasteiger partial charge is 0.492 e. The molecule has 0 bridgehead atoms. The van der Waals surface area contributed by atoms with Crippen molar-refractivity contribution in [2.24, 2.45) is 0 Å². The molecule has 0 fully saturated rings. The molecule has 4 rings (SSSR count). The number of amides is 1. The zero-order valence-electron chi connectivity index (χ0n) is 14.8. The van der Waals surface area contributed by atoms with Crippen molar-refractivity contribution in [3.05, 3.63) is 42.0 Å². The Kier molecular flexibility index (Phi) is 4.32. The van der Waals surface area contributed by atoms with E-state index in [0.29, 0.717) is 29.5 Å². The molecule has 2 aromatic rings. The summed E-state index contributed by atoms with van der Waals surface area (Å²) >= 11 is 0. The van der Waals surface area contributed by atoms with Gasteiger partial charge in [-0.3, -0.25) is 4.79 Å². The summed E-state index contributed by atoms with van der Waals surface area (Å²) in [5, 5.41) is 2.89. The van der Waals surface area contributed by atoms with E-state index in [9.17, 15) is 4.79 Å². The average molecular weight is 355 g/mol. The number of hydrogen-bond donors (Lipinski definition) is 1. The van der Waals surface area contributed by atoms with Crippen LogP contribution in [0.2, 0.25) is 0 Å². The third-order valence-corrected chi connectivity index (χ3v) is 4.36. The lowest BCUT2D eigenvalue weighted by Crippen LogP contribution is -2.40. The summed E-state index contributed by atoms with van der Waals surface area (Å²) in [6.07, 6.45) is 0.226. The predicted octanol–water partition coefficient (Wildman–Crippen LogP) is 3.19. The molecule has 0 unspecified atom stereocenters. The van der Waals surface area contributed by atoms with Crippen LogP contribution in [-0.2, 0) is 11.2 Å². The molecule has 0 saturated carbocycles. The number of rotatable bonds is 4. The summed E-state index contributed by atoms with van der Waals surface area (Å²) in [6.45, 7) is 4.59. The average Bonchev–Trinajstić information content (AvgIpc) is 3.00. The van der Waals surface area contributed by atoms with Gasteiger partial charge < -0.3 is 24.3 Å². The molecule has 26 heavy (non-hydrogen) atoms. The minimum atomic E-state index is -0.729. The predicted molar refractivity (Wildman–Crippen MR) is 96.4 cm³/mol. The summed E-state index contributed by atoms with van der Waals surface area (Å²) in [5.41, 5.74) is 1.66. The first kappa shape index (κ1) is 16.6. The number of benzene rings is 2. The minimum absolute atomic E-state index is 0.122. The Balaban J connectivity index is 1.53. The number of nitrogens with one attached hydrogen (secondary N) is 1. The van der Waals surface area contributed by atoms with Crippen LogP contribution in [0.4, 0.5) is 5.69 Å². The fourth-order valence-electron chi connectivity index (χ4n) is 3.17. The van der Waals surface area contributed by atoms with Crippen LogP contribution in [0.3, 0.4) is 0 Å². The highest BCUT2D eigenvalue weighted by Gasteiger charge is 2.29. The van der Waals surface area contributed by atoms with Gasteiger partial charge in [-0.25, -0.2) is 0 Å². The summed E-state index contributed by atoms with van der Waals surface area (Å²) in [7, 11) is 0. The van der Waals surface area contributed by atoms with Gasteiger partial charge in [0.1, 0.15) is 24.2 Å². The van der Waals surface area contributed by atoms with Gasteiger partial charge in [0.15, 0.2) is 11.5 Å². The van der Waals surface area contributed by atoms with Gasteiger partial charge in [0.05, 0.1) is 12.3 Å². The molecule has 6 heteroatoms. The second kappa shape index (κ2) is 6.78. The van der Waals surface area contributed by atoms with E-state index < -0.39 is 6.10 Å². The number of carbonyl (C=O) groups excluding carboxylic acids is 1. The molecule has 0 saturated heterocycles. The first-order valence-corrected chi connectivity index (χ1v) is 8.79. The second-order valence-corrected chi connectivity index (χ2v) is 6.38. The number of hydrogen-bond acceptors (Lipinski definition) is 5. The number of carbonyl (C=O) groups is 1. The number of fused-ring (bicyclic) bond motifs is 2. The topological polar surface area (TPSA) is 66.0 Å². The van der Waals surface area contributed by atoms with Gasteiger partial charge in [-0.05, 0) is 32.0 Å². The zero-order valence-corrected chi connectivity index (χ0v) is 14.8. The minimum Gasteiger partial charge on any atom is -0.492 e. The van der Waals surface area contributed by atoms with Crippen molar-refractivity contribution >= 4 is 11.6 Å². The molecular weight excluding hydrogens is 334 g/mol. The normalized spacial score (nSPS) is 20.1. The van der Waals surface area contributed by atoms with Crippen molar-refractivity contribution < 1.29 is 23.7 Å². The van der Waals surface area contributed by atoms with Crippen molar-refractivity contribution in [2.75, 3.05) is 18.5 Å². The van der Waals surface area contributed by atoms with Crippen LogP contribution in [0.15, 0.2) is 36.4 Å². The van der Waals surface area contributed by atoms with Crippen molar-refractivity contribution in [1.82, 2.24) is 0 Å². The van der Waals surface area contributed by atoms with Crippen LogP contribution in [0.1, 0.15) is 19.4 Å². The third-order valence-electron chi connectivity index (χ3n) is 4.36. The molecule has 2 atom stereocenters. The van der Waals surface area contributed by atoms with Gasteiger partial charge in [0, 0.05) is 18.1 Å². The molecule has 1 amide bonds. The van der Waals surface area contributed by atoms with Gasteiger partial charge in [-0.15, -0.1) is 0 Å². The quantitative estimate of drug-likeness (QED) is 0.912. The summed E-state index contributed by atoms with van der Waals surface area (Å²) in [5.74, 6) is 2.34. The van der Waals surface area contributed by atoms with Crippen molar-refractivity contribution in [3.8, 4) is 23.0 Å². The van der Waals surface area contributed by atoms with Gasteiger partial charge in [0.2, 0.25) is 6.10 Å². The van der Waals surface area contributed by atoms with E-state index in [-0.39, 0.29) is 18.6 Å². The molecule has 0 aromatic heterocycles. The molecule has 0 spiro atoms. The molecule has 2 aliphatic heterocycles. The molecular formula is C20H21NO5. The molecule has 2 aromatic carbocycles. The van der Waals surface area contributed by atoms with E-state index in [1.54, 1.807) is 6.07 Å². The maximum absolute atomic E-state index is 12.7. The van der Waals surface area contributed by atoms with Crippen LogP contribution in [0, 0.1) is 0 Å². The Bertz CT molecular complexity index is 835. The third kappa shape index (κ3) is 3.14. The number of para-hydroxylation sites is 2. The van der Waals surface area contributed by atoms with Gasteiger partial charge >= 0.3 is 0 Å². The lowest BCUT2D eigenvalue weighted by atomic mass is 10.1. The monoisotopic (exact) mass is 355 g/mol. The van der Waals surface area contributed by atoms with Crippen LogP contribution in [0.25, 0.3) is 0 Å². The van der Waals surface area contributed by atoms with Crippen molar-refractivity contribution in [3.63, 3.8) is 0 Å². The Morgan fingerprint density at radius 2 is 2.00 bits per heavy atom. The van der Waals surface area contributed by atoms with Crippen LogP contribution < -0.4 is 24.3 Å². The maximum atomic E-state index is 12.7. The molecule has 2 heterocycles. The van der Waals surface area contributed by atoms with E-state index in [1.807, 2.05) is 44.2 Å². The molecule has 0 radical (unpaired) electrons. The Morgan fingerprint density at radius 1 is 1.19 bits per heavy atom. The SMILES string of the molecule is CCOc1cc2c(cc1NC(=O)[C@H]1COc3ccccc3O1)O[C@H](C)C2. The van der Waals surface area contributed by atoms with Crippen molar-refractivity contribution in [1.29, 1.82) is 0 Å². The standard InChI is InChI=1S/C20H21NO5/c1-3-23-18-9-13-8-12(2)25-17(13)10-14(18)21-20(22)19-11-24-15-6-4-5-7-16(15)26-19/h4-7,9-10,12,19H,3,8,11H2,1-2H3,(H,21,22)/t12-,19-/m1/s1. The molecule has 0 aliphatic carbocycles. The second-order valence-electron chi connectivity index (χ2n) is 6.38. The summed E-state index contributed by atoms with van der Waals surface area (Å²) in [4.78, 5) is 12.7. The van der Waals surface area contributed by atoms with Gasteiger partial charge in [0.25, 0.3) is 5.91 Å². The zero-order chi connectivity index (χ0) is 18.1. The van der Waals surface area contributed by atoms with Crippen LogP contribution >= 0.6 is 0 Å². The Labute approximate surface area is 152 Å². The van der Waals surface area contributed by atoms with Crippen molar-refractivity contribution in [2.45, 2.75) is 32.5 Å². The lowest BCUT2D eigenvalue weighted by Gasteiger charge is -2.26. The highest BCUT2D eigenvalue weighted by Crippen LogP contribution is 2.38. The highest BCUT2D eigenvalue weighted by atomic mass is 16.6. The first-order valence-electron chi connectivity index (χ1n) is 8.79. The number of anilines is 1. The molecule has 6 nitrogen and oxygen atoms in total. The smallest absolute Gasteiger partial charge is 0.269 e. The molecule has 1 N–H and O–H groups in total. The molecule has 136 valence electrons. The summed E-state index contributed by atoms with van der Waals surface area (Å²) < 4.78 is 22.9. The van der Waals surface area contributed by atoms with Gasteiger partial charge in [-0.1, -0.05) is 12.1 Å². The van der Waals surface area contributed by atoms with E-state index in [0.717, 1.165) is 17.7 Å². The van der Waals surface area contributed by atoms with E-state index in [2.05, 4.69) is 5.32 Å². The first-order chi connectivity index (χ1) is 12.6. The molecule has 2 aliphatic rings. The fraction of sp³-hybridized carbons (Fsp3) is 0.350. The summed E-state index contributed by atoms with van der Waals surface area (Å²) in [6, 6.07) is 11.1. The Hall–Kier alpha value is -2.89. The maximum Gasteiger partial charge on any atom is 0.269 e. The Morgan fingerprint density at radius 3 is 2.81 bits per heavy atom. The van der Waals surface area contributed by atoms with Crippen LogP contribution in [-0.4, -0.2) is 31.3 Å². The lowest BCUT2D eigenvalue weighted by molar-refractivity contribution is -0.125. The van der Waals surface area contributed by atoms with Crippen LogP contribution in [0.5, 0.6) is 23.0 Å². The van der Waals surface area contributed by atoms with Gasteiger partial charge in [-0.2, -0.15) is 0 Å². The van der Waals surface area contributed by atoms with E-state index >= 15 is 0 Å². The fourth-order valence-corrected chi connectivity index (χ4v) is 3.17. The highest BCUT2D eigenvalue weighted by molar-refractivity contribution is 5.96. The van der Waals surface area contributed by atoms with E-state index in [4.69, 9.17) is 18.9 Å². The number of ether oxygens (including phenoxy) is 4. The van der Waals surface area contributed by atoms with E-state index in [1.165, 1.54) is 0 Å².